The van der Waals surface area contributed by atoms with Crippen molar-refractivity contribution in [3.8, 4) is 5.69 Å². The highest BCUT2D eigenvalue weighted by atomic mass is 19.4. The molecule has 0 amide bonds. The lowest BCUT2D eigenvalue weighted by atomic mass is 10.0. The molecule has 0 unspecified atom stereocenters. The van der Waals surface area contributed by atoms with Gasteiger partial charge in [0.25, 0.3) is 5.56 Å². The van der Waals surface area contributed by atoms with Crippen LogP contribution < -0.4 is 10.5 Å². The summed E-state index contributed by atoms with van der Waals surface area (Å²) in [5, 5.41) is 4.33. The van der Waals surface area contributed by atoms with E-state index in [0.29, 0.717) is 37.8 Å². The number of morpholine rings is 1. The summed E-state index contributed by atoms with van der Waals surface area (Å²) < 4.78 is 47.5. The molecule has 5 rings (SSSR count). The van der Waals surface area contributed by atoms with Crippen LogP contribution in [-0.4, -0.2) is 46.1 Å². The summed E-state index contributed by atoms with van der Waals surface area (Å²) in [5.74, 6) is 0.540. The Hall–Kier alpha value is -2.88. The van der Waals surface area contributed by atoms with Crippen LogP contribution in [0.3, 0.4) is 0 Å². The molecule has 1 saturated heterocycles. The number of nitrogens with zero attached hydrogens (tertiary/aromatic N) is 4. The number of alkyl halides is 3. The molecule has 1 saturated carbocycles. The number of hydrogen-bond donors (Lipinski definition) is 1. The molecule has 7 nitrogen and oxygen atoms in total. The van der Waals surface area contributed by atoms with Crippen molar-refractivity contribution < 1.29 is 17.9 Å². The van der Waals surface area contributed by atoms with Crippen molar-refractivity contribution in [2.45, 2.75) is 24.9 Å². The van der Waals surface area contributed by atoms with E-state index in [1.807, 2.05) is 4.90 Å². The van der Waals surface area contributed by atoms with E-state index in [1.165, 1.54) is 18.3 Å². The molecule has 2 fully saturated rings. The van der Waals surface area contributed by atoms with E-state index >= 15 is 0 Å². The SMILES string of the molecule is O=c1[nH]c(N2CCOCC2)nc2nn(-c3ccc(C4CC4)cc3C(F)(F)F)cc12. The second-order valence-electron chi connectivity index (χ2n) is 7.35. The Kier molecular flexibility index (Phi) is 4.12. The number of hydrogen-bond acceptors (Lipinski definition) is 5. The maximum absolute atomic E-state index is 13.7. The molecule has 29 heavy (non-hydrogen) atoms. The van der Waals surface area contributed by atoms with Crippen molar-refractivity contribution in [2.24, 2.45) is 0 Å². The van der Waals surface area contributed by atoms with Gasteiger partial charge >= 0.3 is 6.18 Å². The van der Waals surface area contributed by atoms with Gasteiger partial charge in [-0.3, -0.25) is 9.78 Å². The molecule has 10 heteroatoms. The summed E-state index contributed by atoms with van der Waals surface area (Å²) in [6.07, 6.45) is -1.42. The van der Waals surface area contributed by atoms with Crippen LogP contribution in [0.25, 0.3) is 16.7 Å². The van der Waals surface area contributed by atoms with Crippen molar-refractivity contribution in [2.75, 3.05) is 31.2 Å². The van der Waals surface area contributed by atoms with Crippen LogP contribution in [0.4, 0.5) is 19.1 Å². The molecule has 152 valence electrons. The zero-order valence-electron chi connectivity index (χ0n) is 15.4. The lowest BCUT2D eigenvalue weighted by Gasteiger charge is -2.26. The number of ether oxygens (including phenoxy) is 1. The predicted octanol–water partition coefficient (Wildman–Crippen LogP) is 2.84. The molecular weight excluding hydrogens is 387 g/mol. The van der Waals surface area contributed by atoms with Gasteiger partial charge in [0.2, 0.25) is 5.95 Å². The van der Waals surface area contributed by atoms with Gasteiger partial charge in [0.15, 0.2) is 5.65 Å². The Morgan fingerprint density at radius 3 is 2.62 bits per heavy atom. The standard InChI is InChI=1S/C19H18F3N5O2/c20-19(21,22)14-9-12(11-1-2-11)3-4-15(14)27-10-13-16(25-27)23-18(24-17(13)28)26-5-7-29-8-6-26/h3-4,9-11H,1-2,5-8H2,(H,23,24,25,28). The number of aromatic nitrogens is 4. The van der Waals surface area contributed by atoms with Gasteiger partial charge < -0.3 is 9.64 Å². The molecule has 2 aliphatic rings. The maximum atomic E-state index is 13.7. The van der Waals surface area contributed by atoms with Gasteiger partial charge in [-0.25, -0.2) is 4.68 Å². The number of benzene rings is 1. The molecule has 2 aromatic heterocycles. The van der Waals surface area contributed by atoms with E-state index in [-0.39, 0.29) is 22.6 Å². The fourth-order valence-electron chi connectivity index (χ4n) is 3.60. The normalized spacial score (nSPS) is 17.8. The summed E-state index contributed by atoms with van der Waals surface area (Å²) in [7, 11) is 0. The van der Waals surface area contributed by atoms with Crippen LogP contribution in [-0.2, 0) is 10.9 Å². The van der Waals surface area contributed by atoms with Gasteiger partial charge in [-0.15, -0.1) is 5.10 Å². The third-order valence-corrected chi connectivity index (χ3v) is 5.31. The predicted molar refractivity (Wildman–Crippen MR) is 99.5 cm³/mol. The summed E-state index contributed by atoms with van der Waals surface area (Å²) in [4.78, 5) is 21.4. The van der Waals surface area contributed by atoms with Crippen LogP contribution in [0.5, 0.6) is 0 Å². The van der Waals surface area contributed by atoms with Crippen molar-refractivity contribution in [1.82, 2.24) is 19.7 Å². The average Bonchev–Trinajstić information content (AvgIpc) is 3.46. The van der Waals surface area contributed by atoms with Crippen molar-refractivity contribution in [3.63, 3.8) is 0 Å². The molecule has 1 aliphatic carbocycles. The number of fused-ring (bicyclic) bond motifs is 1. The fourth-order valence-corrected chi connectivity index (χ4v) is 3.60. The molecule has 1 aromatic carbocycles. The Morgan fingerprint density at radius 2 is 1.93 bits per heavy atom. The summed E-state index contributed by atoms with van der Waals surface area (Å²) in [6.45, 7) is 2.16. The zero-order chi connectivity index (χ0) is 20.2. The van der Waals surface area contributed by atoms with Gasteiger partial charge in [-0.1, -0.05) is 6.07 Å². The molecule has 0 bridgehead atoms. The van der Waals surface area contributed by atoms with Crippen LogP contribution in [0.15, 0.2) is 29.2 Å². The van der Waals surface area contributed by atoms with Crippen LogP contribution in [0.2, 0.25) is 0 Å². The second-order valence-corrected chi connectivity index (χ2v) is 7.35. The second kappa shape index (κ2) is 6.58. The van der Waals surface area contributed by atoms with E-state index in [1.54, 1.807) is 6.07 Å². The van der Waals surface area contributed by atoms with Crippen molar-refractivity contribution >= 4 is 17.0 Å². The third kappa shape index (κ3) is 3.37. The minimum atomic E-state index is -4.53. The molecule has 0 atom stereocenters. The maximum Gasteiger partial charge on any atom is 0.418 e. The van der Waals surface area contributed by atoms with Crippen molar-refractivity contribution in [1.29, 1.82) is 0 Å². The number of nitrogens with one attached hydrogen (secondary N) is 1. The molecule has 3 heterocycles. The summed E-state index contributed by atoms with van der Waals surface area (Å²) in [5.41, 5.74) is -0.532. The van der Waals surface area contributed by atoms with Gasteiger partial charge in [-0.2, -0.15) is 18.2 Å². The smallest absolute Gasteiger partial charge is 0.378 e. The third-order valence-electron chi connectivity index (χ3n) is 5.31. The highest BCUT2D eigenvalue weighted by Gasteiger charge is 2.36. The van der Waals surface area contributed by atoms with E-state index in [9.17, 15) is 18.0 Å². The minimum Gasteiger partial charge on any atom is -0.378 e. The average molecular weight is 405 g/mol. The topological polar surface area (TPSA) is 76.0 Å². The number of anilines is 1. The Labute approximate surface area is 163 Å². The van der Waals surface area contributed by atoms with Gasteiger partial charge in [0, 0.05) is 19.3 Å². The van der Waals surface area contributed by atoms with E-state index in [0.717, 1.165) is 17.5 Å². The van der Waals surface area contributed by atoms with Gasteiger partial charge in [-0.05, 0) is 36.5 Å². The molecule has 3 aromatic rings. The Bertz CT molecular complexity index is 1130. The first-order valence-corrected chi connectivity index (χ1v) is 9.44. The van der Waals surface area contributed by atoms with E-state index in [4.69, 9.17) is 4.74 Å². The minimum absolute atomic E-state index is 0.106. The number of halogens is 3. The Morgan fingerprint density at radius 1 is 1.17 bits per heavy atom. The van der Waals surface area contributed by atoms with Crippen LogP contribution >= 0.6 is 0 Å². The van der Waals surface area contributed by atoms with Gasteiger partial charge in [0.1, 0.15) is 5.39 Å². The largest absolute Gasteiger partial charge is 0.418 e. The highest BCUT2D eigenvalue weighted by molar-refractivity contribution is 5.75. The lowest BCUT2D eigenvalue weighted by Crippen LogP contribution is -2.38. The summed E-state index contributed by atoms with van der Waals surface area (Å²) in [6, 6.07) is 4.31. The first-order valence-electron chi connectivity index (χ1n) is 9.44. The molecule has 1 N–H and O–H groups in total. The number of H-pyrrole nitrogens is 1. The fraction of sp³-hybridized carbons (Fsp3) is 0.421. The lowest BCUT2D eigenvalue weighted by molar-refractivity contribution is -0.137. The first-order chi connectivity index (χ1) is 13.9. The highest BCUT2D eigenvalue weighted by Crippen LogP contribution is 2.43. The van der Waals surface area contributed by atoms with Crippen LogP contribution in [0.1, 0.15) is 29.9 Å². The monoisotopic (exact) mass is 405 g/mol. The zero-order valence-corrected chi connectivity index (χ0v) is 15.4. The van der Waals surface area contributed by atoms with Gasteiger partial charge in [0.05, 0.1) is 24.5 Å². The van der Waals surface area contributed by atoms with Crippen LogP contribution in [0, 0.1) is 0 Å². The van der Waals surface area contributed by atoms with Crippen molar-refractivity contribution in [3.05, 3.63) is 45.9 Å². The molecule has 0 radical (unpaired) electrons. The number of aromatic amines is 1. The molecular formula is C19H18F3N5O2. The van der Waals surface area contributed by atoms with E-state index in [2.05, 4.69) is 15.1 Å². The quantitative estimate of drug-likeness (QED) is 0.725. The van der Waals surface area contributed by atoms with E-state index < -0.39 is 17.3 Å². The number of rotatable bonds is 3. The molecule has 1 aliphatic heterocycles. The summed E-state index contributed by atoms with van der Waals surface area (Å²) >= 11 is 0. The molecule has 0 spiro atoms. The Balaban J connectivity index is 1.60. The first kappa shape index (κ1) is 18.2.